The standard InChI is InChI=1S/C18H27NO2/c1-5-21-17(20)14-11-12-15(13-9-7-6-8-10-13)19-16(14)18(2,3)4/h11-13H,5-10H2,1-4H3. The summed E-state index contributed by atoms with van der Waals surface area (Å²) in [6, 6.07) is 3.94. The molecular weight excluding hydrogens is 262 g/mol. The highest BCUT2D eigenvalue weighted by atomic mass is 16.5. The van der Waals surface area contributed by atoms with Crippen LogP contribution in [0.3, 0.4) is 0 Å². The van der Waals surface area contributed by atoms with Crippen LogP contribution in [0, 0.1) is 0 Å². The summed E-state index contributed by atoms with van der Waals surface area (Å²) in [5.41, 5.74) is 2.47. The lowest BCUT2D eigenvalue weighted by atomic mass is 9.84. The van der Waals surface area contributed by atoms with Crippen molar-refractivity contribution in [1.29, 1.82) is 0 Å². The normalized spacial score (nSPS) is 16.8. The van der Waals surface area contributed by atoms with E-state index in [1.807, 2.05) is 19.1 Å². The first kappa shape index (κ1) is 16.0. The second-order valence-electron chi connectivity index (χ2n) is 6.94. The molecule has 3 heteroatoms. The van der Waals surface area contributed by atoms with Gasteiger partial charge in [0.2, 0.25) is 0 Å². The molecule has 0 saturated heterocycles. The quantitative estimate of drug-likeness (QED) is 0.763. The topological polar surface area (TPSA) is 39.2 Å². The number of rotatable bonds is 3. The molecule has 0 N–H and O–H groups in total. The van der Waals surface area contributed by atoms with E-state index in [1.54, 1.807) is 0 Å². The third-order valence-corrected chi connectivity index (χ3v) is 4.15. The number of carbonyl (C=O) groups excluding carboxylic acids is 1. The Morgan fingerprint density at radius 2 is 1.90 bits per heavy atom. The highest BCUT2D eigenvalue weighted by molar-refractivity contribution is 5.91. The van der Waals surface area contributed by atoms with Gasteiger partial charge in [-0.2, -0.15) is 0 Å². The molecule has 0 atom stereocenters. The minimum atomic E-state index is -0.259. The van der Waals surface area contributed by atoms with Gasteiger partial charge in [-0.3, -0.25) is 4.98 Å². The van der Waals surface area contributed by atoms with E-state index in [4.69, 9.17) is 9.72 Å². The van der Waals surface area contributed by atoms with Gasteiger partial charge in [-0.25, -0.2) is 4.79 Å². The fourth-order valence-electron chi connectivity index (χ4n) is 3.05. The smallest absolute Gasteiger partial charge is 0.339 e. The molecule has 21 heavy (non-hydrogen) atoms. The first-order valence-corrected chi connectivity index (χ1v) is 8.12. The number of aromatic nitrogens is 1. The fourth-order valence-corrected chi connectivity index (χ4v) is 3.05. The molecule has 0 aromatic carbocycles. The lowest BCUT2D eigenvalue weighted by Crippen LogP contribution is -2.22. The molecule has 0 bridgehead atoms. The molecule has 1 saturated carbocycles. The van der Waals surface area contributed by atoms with Crippen LogP contribution >= 0.6 is 0 Å². The number of ether oxygens (including phenoxy) is 1. The third-order valence-electron chi connectivity index (χ3n) is 4.15. The van der Waals surface area contributed by atoms with Crippen molar-refractivity contribution in [2.24, 2.45) is 0 Å². The summed E-state index contributed by atoms with van der Waals surface area (Å²) >= 11 is 0. The Kier molecular flexibility index (Phi) is 5.02. The zero-order valence-corrected chi connectivity index (χ0v) is 13.7. The van der Waals surface area contributed by atoms with E-state index in [0.29, 0.717) is 18.1 Å². The van der Waals surface area contributed by atoms with E-state index < -0.39 is 0 Å². The largest absolute Gasteiger partial charge is 0.462 e. The molecular formula is C18H27NO2. The van der Waals surface area contributed by atoms with Crippen LogP contribution in [0.25, 0.3) is 0 Å². The molecule has 1 fully saturated rings. The van der Waals surface area contributed by atoms with Crippen LogP contribution < -0.4 is 0 Å². The monoisotopic (exact) mass is 289 g/mol. The molecule has 0 unspecified atom stereocenters. The van der Waals surface area contributed by atoms with Crippen molar-refractivity contribution >= 4 is 5.97 Å². The first-order valence-electron chi connectivity index (χ1n) is 8.12. The van der Waals surface area contributed by atoms with Gasteiger partial charge in [-0.05, 0) is 31.9 Å². The summed E-state index contributed by atoms with van der Waals surface area (Å²) < 4.78 is 5.17. The molecule has 0 aliphatic heterocycles. The van der Waals surface area contributed by atoms with Crippen molar-refractivity contribution in [3.8, 4) is 0 Å². The number of carbonyl (C=O) groups is 1. The van der Waals surface area contributed by atoms with Crippen molar-refractivity contribution in [2.75, 3.05) is 6.61 Å². The van der Waals surface area contributed by atoms with E-state index in [9.17, 15) is 4.79 Å². The molecule has 1 aromatic rings. The lowest BCUT2D eigenvalue weighted by molar-refractivity contribution is 0.0522. The lowest BCUT2D eigenvalue weighted by Gasteiger charge is -2.25. The molecule has 3 nitrogen and oxygen atoms in total. The average Bonchev–Trinajstić information content (AvgIpc) is 2.47. The molecule has 1 heterocycles. The molecule has 116 valence electrons. The third kappa shape index (κ3) is 3.84. The van der Waals surface area contributed by atoms with E-state index in [2.05, 4.69) is 20.8 Å². The number of esters is 1. The maximum Gasteiger partial charge on any atom is 0.339 e. The fraction of sp³-hybridized carbons (Fsp3) is 0.667. The van der Waals surface area contributed by atoms with Gasteiger partial charge in [0.1, 0.15) is 0 Å². The summed E-state index contributed by atoms with van der Waals surface area (Å²) in [6.07, 6.45) is 6.35. The Hall–Kier alpha value is -1.38. The number of hydrogen-bond acceptors (Lipinski definition) is 3. The molecule has 1 aromatic heterocycles. The van der Waals surface area contributed by atoms with Crippen LogP contribution in [0.1, 0.15) is 87.5 Å². The Morgan fingerprint density at radius 1 is 1.24 bits per heavy atom. The molecule has 0 spiro atoms. The Labute approximate surface area is 128 Å². The number of hydrogen-bond donors (Lipinski definition) is 0. The maximum absolute atomic E-state index is 12.1. The summed E-state index contributed by atoms with van der Waals surface area (Å²) in [7, 11) is 0. The van der Waals surface area contributed by atoms with Crippen molar-refractivity contribution < 1.29 is 9.53 Å². The van der Waals surface area contributed by atoms with Crippen LogP contribution in [0.2, 0.25) is 0 Å². The maximum atomic E-state index is 12.1. The molecule has 0 amide bonds. The van der Waals surface area contributed by atoms with Gasteiger partial charge < -0.3 is 4.74 Å². The minimum Gasteiger partial charge on any atom is -0.462 e. The molecule has 1 aliphatic rings. The Balaban J connectivity index is 2.37. The highest BCUT2D eigenvalue weighted by Crippen LogP contribution is 2.34. The molecule has 0 radical (unpaired) electrons. The van der Waals surface area contributed by atoms with Gasteiger partial charge in [0.25, 0.3) is 0 Å². The molecule has 2 rings (SSSR count). The Bertz CT molecular complexity index is 496. The Morgan fingerprint density at radius 3 is 2.48 bits per heavy atom. The van der Waals surface area contributed by atoms with E-state index in [0.717, 1.165) is 11.4 Å². The van der Waals surface area contributed by atoms with Crippen molar-refractivity contribution in [1.82, 2.24) is 4.98 Å². The van der Waals surface area contributed by atoms with Crippen molar-refractivity contribution in [3.63, 3.8) is 0 Å². The SMILES string of the molecule is CCOC(=O)c1ccc(C2CCCCC2)nc1C(C)(C)C. The second kappa shape index (κ2) is 6.59. The number of pyridine rings is 1. The zero-order valence-electron chi connectivity index (χ0n) is 13.7. The van der Waals surface area contributed by atoms with Crippen LogP contribution in [0.15, 0.2) is 12.1 Å². The van der Waals surface area contributed by atoms with Crippen LogP contribution in [0.4, 0.5) is 0 Å². The summed E-state index contributed by atoms with van der Waals surface area (Å²) in [5, 5.41) is 0. The number of nitrogens with zero attached hydrogens (tertiary/aromatic N) is 1. The van der Waals surface area contributed by atoms with Crippen LogP contribution in [0.5, 0.6) is 0 Å². The predicted molar refractivity (Wildman–Crippen MR) is 84.7 cm³/mol. The highest BCUT2D eigenvalue weighted by Gasteiger charge is 2.26. The van der Waals surface area contributed by atoms with Gasteiger partial charge >= 0.3 is 5.97 Å². The van der Waals surface area contributed by atoms with Gasteiger partial charge in [-0.15, -0.1) is 0 Å². The predicted octanol–water partition coefficient (Wildman–Crippen LogP) is 4.60. The van der Waals surface area contributed by atoms with Crippen LogP contribution in [-0.2, 0) is 10.2 Å². The van der Waals surface area contributed by atoms with Gasteiger partial charge in [0.15, 0.2) is 0 Å². The van der Waals surface area contributed by atoms with Crippen LogP contribution in [-0.4, -0.2) is 17.6 Å². The van der Waals surface area contributed by atoms with E-state index >= 15 is 0 Å². The second-order valence-corrected chi connectivity index (χ2v) is 6.94. The van der Waals surface area contributed by atoms with Gasteiger partial charge in [0, 0.05) is 17.0 Å². The van der Waals surface area contributed by atoms with Crippen molar-refractivity contribution in [3.05, 3.63) is 29.1 Å². The summed E-state index contributed by atoms with van der Waals surface area (Å²) in [6.45, 7) is 8.53. The van der Waals surface area contributed by atoms with Gasteiger partial charge in [0.05, 0.1) is 17.9 Å². The summed E-state index contributed by atoms with van der Waals surface area (Å²) in [4.78, 5) is 17.0. The molecule has 1 aliphatic carbocycles. The van der Waals surface area contributed by atoms with Crippen molar-refractivity contribution in [2.45, 2.75) is 71.1 Å². The van der Waals surface area contributed by atoms with E-state index in [-0.39, 0.29) is 11.4 Å². The summed E-state index contributed by atoms with van der Waals surface area (Å²) in [5.74, 6) is 0.293. The average molecular weight is 289 g/mol. The van der Waals surface area contributed by atoms with Gasteiger partial charge in [-0.1, -0.05) is 40.0 Å². The first-order chi connectivity index (χ1) is 9.93. The van der Waals surface area contributed by atoms with E-state index in [1.165, 1.54) is 32.1 Å². The zero-order chi connectivity index (χ0) is 15.5. The minimum absolute atomic E-state index is 0.160.